The van der Waals surface area contributed by atoms with Crippen LogP contribution in [0.3, 0.4) is 0 Å². The summed E-state index contributed by atoms with van der Waals surface area (Å²) in [5.41, 5.74) is 0.692. The first-order valence-electron chi connectivity index (χ1n) is 5.99. The molecule has 0 aliphatic heterocycles. The van der Waals surface area contributed by atoms with Crippen molar-refractivity contribution in [2.24, 2.45) is 0 Å². The molecule has 1 N–H and O–H groups in total. The Labute approximate surface area is 128 Å². The molecule has 0 spiro atoms. The van der Waals surface area contributed by atoms with Crippen LogP contribution in [0.15, 0.2) is 34.8 Å². The smallest absolute Gasteiger partial charge is 0.387 e. The van der Waals surface area contributed by atoms with Crippen LogP contribution in [0.25, 0.3) is 0 Å². The van der Waals surface area contributed by atoms with Gasteiger partial charge in [0.05, 0.1) is 6.04 Å². The summed E-state index contributed by atoms with van der Waals surface area (Å²) in [5, 5.41) is 3.16. The third-order valence-electron chi connectivity index (χ3n) is 2.83. The minimum absolute atomic E-state index is 0.194. The maximum atomic E-state index is 12.5. The molecular weight excluding hydrogens is 348 g/mol. The van der Waals surface area contributed by atoms with E-state index in [1.807, 2.05) is 19.1 Å². The fourth-order valence-electron chi connectivity index (χ4n) is 2.05. The molecule has 0 aliphatic carbocycles. The van der Waals surface area contributed by atoms with Crippen LogP contribution >= 0.6 is 27.3 Å². The van der Waals surface area contributed by atoms with E-state index >= 15 is 0 Å². The van der Waals surface area contributed by atoms with Gasteiger partial charge in [-0.15, -0.1) is 11.3 Å². The number of rotatable bonds is 5. The Balaban J connectivity index is 2.44. The van der Waals surface area contributed by atoms with Gasteiger partial charge in [-0.3, -0.25) is 0 Å². The number of ether oxygens (including phenoxy) is 1. The fraction of sp³-hybridized carbons (Fsp3) is 0.286. The number of halogens is 3. The molecule has 2 rings (SSSR count). The standard InChI is InChI=1S/C14H14BrF2NOS/c1-8-7-10(15)13(20-8)12(18-2)9-5-3-4-6-11(9)19-14(16)17/h3-7,12,14,18H,1-2H3. The molecule has 0 amide bonds. The highest BCUT2D eigenvalue weighted by Gasteiger charge is 2.22. The first-order valence-corrected chi connectivity index (χ1v) is 7.60. The van der Waals surface area contributed by atoms with Crippen molar-refractivity contribution in [2.75, 3.05) is 7.05 Å². The Morgan fingerprint density at radius 3 is 2.55 bits per heavy atom. The van der Waals surface area contributed by atoms with Crippen molar-refractivity contribution in [3.8, 4) is 5.75 Å². The summed E-state index contributed by atoms with van der Waals surface area (Å²) < 4.78 is 30.6. The van der Waals surface area contributed by atoms with E-state index < -0.39 is 6.61 Å². The molecule has 0 bridgehead atoms. The monoisotopic (exact) mass is 361 g/mol. The van der Waals surface area contributed by atoms with Crippen LogP contribution in [-0.2, 0) is 0 Å². The number of thiophene rings is 1. The summed E-state index contributed by atoms with van der Waals surface area (Å²) in [6, 6.07) is 8.66. The van der Waals surface area contributed by atoms with Gasteiger partial charge in [0, 0.05) is 19.8 Å². The zero-order valence-corrected chi connectivity index (χ0v) is 13.4. The van der Waals surface area contributed by atoms with Crippen LogP contribution in [0.2, 0.25) is 0 Å². The molecule has 0 fully saturated rings. The van der Waals surface area contributed by atoms with Crippen LogP contribution in [0.5, 0.6) is 5.75 Å². The maximum Gasteiger partial charge on any atom is 0.387 e. The van der Waals surface area contributed by atoms with Crippen molar-refractivity contribution in [3.05, 3.63) is 50.1 Å². The van der Waals surface area contributed by atoms with Crippen LogP contribution in [-0.4, -0.2) is 13.7 Å². The van der Waals surface area contributed by atoms with Gasteiger partial charge in [-0.25, -0.2) is 0 Å². The van der Waals surface area contributed by atoms with Gasteiger partial charge in [0.2, 0.25) is 0 Å². The number of benzene rings is 1. The number of nitrogens with one attached hydrogen (secondary N) is 1. The third kappa shape index (κ3) is 3.37. The van der Waals surface area contributed by atoms with Gasteiger partial charge in [-0.2, -0.15) is 8.78 Å². The summed E-state index contributed by atoms with van der Waals surface area (Å²) >= 11 is 5.13. The van der Waals surface area contributed by atoms with E-state index in [0.29, 0.717) is 5.56 Å². The molecule has 2 nitrogen and oxygen atoms in total. The van der Waals surface area contributed by atoms with Crippen molar-refractivity contribution >= 4 is 27.3 Å². The molecule has 6 heteroatoms. The Morgan fingerprint density at radius 2 is 2.00 bits per heavy atom. The molecule has 0 saturated heterocycles. The number of alkyl halides is 2. The molecule has 0 aliphatic rings. The van der Waals surface area contributed by atoms with Gasteiger partial charge in [-0.1, -0.05) is 18.2 Å². The van der Waals surface area contributed by atoms with E-state index in [2.05, 4.69) is 26.0 Å². The molecule has 1 atom stereocenters. The average molecular weight is 362 g/mol. The molecule has 1 heterocycles. The number of para-hydroxylation sites is 1. The predicted octanol–water partition coefficient (Wildman–Crippen LogP) is 4.73. The number of hydrogen-bond donors (Lipinski definition) is 1. The average Bonchev–Trinajstić information content (AvgIpc) is 2.71. The highest BCUT2D eigenvalue weighted by molar-refractivity contribution is 9.10. The fourth-order valence-corrected chi connectivity index (χ4v) is 4.06. The molecule has 1 unspecified atom stereocenters. The van der Waals surface area contributed by atoms with Crippen molar-refractivity contribution in [1.29, 1.82) is 0 Å². The lowest BCUT2D eigenvalue weighted by Gasteiger charge is -2.19. The maximum absolute atomic E-state index is 12.5. The molecule has 2 aromatic rings. The van der Waals surface area contributed by atoms with Crippen LogP contribution in [0, 0.1) is 6.92 Å². The Hall–Kier alpha value is -0.980. The topological polar surface area (TPSA) is 21.3 Å². The molecule has 1 aromatic carbocycles. The number of hydrogen-bond acceptors (Lipinski definition) is 3. The Bertz CT molecular complexity index is 588. The Morgan fingerprint density at radius 1 is 1.30 bits per heavy atom. The largest absolute Gasteiger partial charge is 0.434 e. The second-order valence-electron chi connectivity index (χ2n) is 4.21. The van der Waals surface area contributed by atoms with Crippen molar-refractivity contribution < 1.29 is 13.5 Å². The second kappa shape index (κ2) is 6.65. The van der Waals surface area contributed by atoms with Gasteiger partial charge in [0.15, 0.2) is 0 Å². The number of aryl methyl sites for hydroxylation is 1. The molecule has 0 radical (unpaired) electrons. The van der Waals surface area contributed by atoms with Crippen molar-refractivity contribution in [3.63, 3.8) is 0 Å². The van der Waals surface area contributed by atoms with Crippen molar-refractivity contribution in [1.82, 2.24) is 5.32 Å². The first kappa shape index (κ1) is 15.4. The Kier molecular flexibility index (Phi) is 5.12. The van der Waals surface area contributed by atoms with Gasteiger partial charge >= 0.3 is 6.61 Å². The van der Waals surface area contributed by atoms with Crippen LogP contribution < -0.4 is 10.1 Å². The lowest BCUT2D eigenvalue weighted by molar-refractivity contribution is -0.0506. The quantitative estimate of drug-likeness (QED) is 0.830. The minimum atomic E-state index is -2.83. The molecule has 108 valence electrons. The lowest BCUT2D eigenvalue weighted by atomic mass is 10.0. The summed E-state index contributed by atoms with van der Waals surface area (Å²) in [6.45, 7) is -0.824. The lowest BCUT2D eigenvalue weighted by Crippen LogP contribution is -2.18. The minimum Gasteiger partial charge on any atom is -0.434 e. The zero-order valence-electron chi connectivity index (χ0n) is 11.0. The van der Waals surface area contributed by atoms with E-state index in [1.54, 1.807) is 36.6 Å². The highest BCUT2D eigenvalue weighted by Crippen LogP contribution is 2.38. The first-order chi connectivity index (χ1) is 9.52. The molecule has 20 heavy (non-hydrogen) atoms. The van der Waals surface area contributed by atoms with Crippen molar-refractivity contribution in [2.45, 2.75) is 19.6 Å². The van der Waals surface area contributed by atoms with Crippen LogP contribution in [0.4, 0.5) is 8.78 Å². The van der Waals surface area contributed by atoms with Gasteiger partial charge < -0.3 is 10.1 Å². The third-order valence-corrected chi connectivity index (χ3v) is 4.87. The summed E-state index contributed by atoms with van der Waals surface area (Å²) in [4.78, 5) is 2.19. The molecular formula is C14H14BrF2NOS. The summed E-state index contributed by atoms with van der Waals surface area (Å²) in [7, 11) is 1.80. The SMILES string of the molecule is CNC(c1ccccc1OC(F)F)c1sc(C)cc1Br. The predicted molar refractivity (Wildman–Crippen MR) is 80.7 cm³/mol. The van der Waals surface area contributed by atoms with Crippen LogP contribution in [0.1, 0.15) is 21.4 Å². The normalized spacial score (nSPS) is 12.7. The molecule has 1 aromatic heterocycles. The summed E-state index contributed by atoms with van der Waals surface area (Å²) in [6.07, 6.45) is 0. The second-order valence-corrected chi connectivity index (χ2v) is 6.35. The van der Waals surface area contributed by atoms with E-state index in [9.17, 15) is 8.78 Å². The zero-order chi connectivity index (χ0) is 14.7. The highest BCUT2D eigenvalue weighted by atomic mass is 79.9. The van der Waals surface area contributed by atoms with Gasteiger partial charge in [-0.05, 0) is 42.0 Å². The molecule has 0 saturated carbocycles. The summed E-state index contributed by atoms with van der Waals surface area (Å²) in [5.74, 6) is 0.194. The van der Waals surface area contributed by atoms with Gasteiger partial charge in [0.1, 0.15) is 5.75 Å². The van der Waals surface area contributed by atoms with E-state index in [4.69, 9.17) is 0 Å². The van der Waals surface area contributed by atoms with E-state index in [-0.39, 0.29) is 11.8 Å². The van der Waals surface area contributed by atoms with Gasteiger partial charge in [0.25, 0.3) is 0 Å². The van der Waals surface area contributed by atoms with E-state index in [0.717, 1.165) is 14.2 Å². The van der Waals surface area contributed by atoms with E-state index in [1.165, 1.54) is 0 Å².